The molecule has 9 heteroatoms. The number of aromatic nitrogens is 2. The van der Waals surface area contributed by atoms with Gasteiger partial charge in [0.05, 0.1) is 17.2 Å². The summed E-state index contributed by atoms with van der Waals surface area (Å²) < 4.78 is 36.0. The summed E-state index contributed by atoms with van der Waals surface area (Å²) in [7, 11) is -3.04. The first-order chi connectivity index (χ1) is 13.5. The van der Waals surface area contributed by atoms with Gasteiger partial charge in [-0.3, -0.25) is 4.79 Å². The van der Waals surface area contributed by atoms with Crippen molar-refractivity contribution in [3.63, 3.8) is 0 Å². The number of rotatable bonds is 6. The Morgan fingerprint density at radius 3 is 2.59 bits per heavy atom. The third-order valence-electron chi connectivity index (χ3n) is 5.31. The van der Waals surface area contributed by atoms with E-state index in [0.29, 0.717) is 29.1 Å². The number of carbonyl (C=O) groups is 2. The van der Waals surface area contributed by atoms with Gasteiger partial charge in [-0.15, -0.1) is 0 Å². The van der Waals surface area contributed by atoms with E-state index in [1.165, 1.54) is 0 Å². The van der Waals surface area contributed by atoms with Crippen molar-refractivity contribution in [3.8, 4) is 0 Å². The molecule has 1 aliphatic rings. The molecule has 0 amide bonds. The zero-order valence-corrected chi connectivity index (χ0v) is 18.1. The first kappa shape index (κ1) is 21.3. The number of hydrogen-bond donors (Lipinski definition) is 0. The van der Waals surface area contributed by atoms with Crippen LogP contribution in [0.2, 0.25) is 0 Å². The molecule has 0 aliphatic carbocycles. The van der Waals surface area contributed by atoms with Crippen LogP contribution in [0.15, 0.2) is 10.6 Å². The van der Waals surface area contributed by atoms with Crippen LogP contribution in [0.4, 0.5) is 0 Å². The Labute approximate surface area is 170 Å². The molecule has 3 heterocycles. The van der Waals surface area contributed by atoms with Gasteiger partial charge in [0.1, 0.15) is 5.56 Å². The Morgan fingerprint density at radius 1 is 1.31 bits per heavy atom. The second kappa shape index (κ2) is 7.78. The minimum atomic E-state index is -3.04. The fourth-order valence-corrected chi connectivity index (χ4v) is 5.61. The normalized spacial score (nSPS) is 18.3. The maximum absolute atomic E-state index is 12.7. The molecule has 2 aromatic rings. The van der Waals surface area contributed by atoms with Gasteiger partial charge in [-0.25, -0.2) is 13.2 Å². The predicted molar refractivity (Wildman–Crippen MR) is 106 cm³/mol. The van der Waals surface area contributed by atoms with Crippen molar-refractivity contribution in [2.45, 2.75) is 53.0 Å². The van der Waals surface area contributed by atoms with Crippen LogP contribution < -0.4 is 0 Å². The van der Waals surface area contributed by atoms with Crippen LogP contribution in [-0.2, 0) is 14.6 Å². The van der Waals surface area contributed by atoms with Gasteiger partial charge >= 0.3 is 5.97 Å². The van der Waals surface area contributed by atoms with Crippen LogP contribution in [0.5, 0.6) is 0 Å². The fraction of sp³-hybridized carbons (Fsp3) is 0.550. The number of nitrogens with zero attached hydrogens (tertiary/aromatic N) is 2. The van der Waals surface area contributed by atoms with Gasteiger partial charge in [-0.1, -0.05) is 19.0 Å². The molecule has 8 nitrogen and oxygen atoms in total. The van der Waals surface area contributed by atoms with Gasteiger partial charge in [-0.2, -0.15) is 0 Å². The largest absolute Gasteiger partial charge is 0.454 e. The zero-order chi connectivity index (χ0) is 21.5. The standard InChI is InChI=1S/C20H26N2O6S/c1-11(2)19-18(13(4)21-28-19)20(24)27-9-17(23)16-8-12(3)22(14(16)5)15-6-7-29(25,26)10-15/h8,11,15H,6-7,9-10H2,1-5H3/t15-/m1/s1. The van der Waals surface area contributed by atoms with E-state index in [-0.39, 0.29) is 34.8 Å². The second-order valence-electron chi connectivity index (χ2n) is 7.87. The minimum Gasteiger partial charge on any atom is -0.454 e. The molecular formula is C20H26N2O6S. The molecule has 29 heavy (non-hydrogen) atoms. The van der Waals surface area contributed by atoms with E-state index in [1.54, 1.807) is 19.9 Å². The highest BCUT2D eigenvalue weighted by Gasteiger charge is 2.32. The summed E-state index contributed by atoms with van der Waals surface area (Å²) in [6.45, 7) is 8.62. The molecule has 1 aliphatic heterocycles. The van der Waals surface area contributed by atoms with Crippen LogP contribution in [0.3, 0.4) is 0 Å². The Kier molecular flexibility index (Phi) is 5.71. The lowest BCUT2D eigenvalue weighted by Crippen LogP contribution is -2.17. The number of carbonyl (C=O) groups excluding carboxylic acids is 2. The van der Waals surface area contributed by atoms with E-state index >= 15 is 0 Å². The summed E-state index contributed by atoms with van der Waals surface area (Å²) in [5, 5.41) is 3.82. The Hall–Kier alpha value is -2.42. The lowest BCUT2D eigenvalue weighted by Gasteiger charge is -2.16. The van der Waals surface area contributed by atoms with Crippen molar-refractivity contribution in [1.29, 1.82) is 0 Å². The molecule has 0 saturated carbocycles. The Balaban J connectivity index is 1.75. The molecule has 1 saturated heterocycles. The van der Waals surface area contributed by atoms with Crippen LogP contribution in [0, 0.1) is 20.8 Å². The summed E-state index contributed by atoms with van der Waals surface area (Å²) in [5.41, 5.74) is 2.62. The van der Waals surface area contributed by atoms with Crippen molar-refractivity contribution < 1.29 is 27.3 Å². The highest BCUT2D eigenvalue weighted by molar-refractivity contribution is 7.91. The molecule has 1 fully saturated rings. The summed E-state index contributed by atoms with van der Waals surface area (Å²) in [6.07, 6.45) is 0.534. The van der Waals surface area contributed by atoms with Crippen molar-refractivity contribution in [2.75, 3.05) is 18.1 Å². The molecule has 158 valence electrons. The smallest absolute Gasteiger partial charge is 0.344 e. The van der Waals surface area contributed by atoms with Gasteiger partial charge in [0, 0.05) is 28.9 Å². The summed E-state index contributed by atoms with van der Waals surface area (Å²) >= 11 is 0. The van der Waals surface area contributed by atoms with Gasteiger partial charge in [0.2, 0.25) is 5.78 Å². The first-order valence-corrected chi connectivity index (χ1v) is 11.4. The van der Waals surface area contributed by atoms with Crippen LogP contribution in [0.25, 0.3) is 0 Å². The van der Waals surface area contributed by atoms with Crippen molar-refractivity contribution >= 4 is 21.6 Å². The van der Waals surface area contributed by atoms with Crippen molar-refractivity contribution in [2.24, 2.45) is 0 Å². The Morgan fingerprint density at radius 2 is 2.00 bits per heavy atom. The fourth-order valence-electron chi connectivity index (χ4n) is 3.91. The molecule has 1 atom stereocenters. The van der Waals surface area contributed by atoms with Gasteiger partial charge in [0.25, 0.3) is 0 Å². The third-order valence-corrected chi connectivity index (χ3v) is 7.06. The third kappa shape index (κ3) is 4.14. The zero-order valence-electron chi connectivity index (χ0n) is 17.3. The monoisotopic (exact) mass is 422 g/mol. The van der Waals surface area contributed by atoms with E-state index in [0.717, 1.165) is 5.69 Å². The van der Waals surface area contributed by atoms with Crippen molar-refractivity contribution in [1.82, 2.24) is 9.72 Å². The molecule has 0 aromatic carbocycles. The van der Waals surface area contributed by atoms with E-state index in [1.807, 2.05) is 25.3 Å². The molecule has 0 unspecified atom stereocenters. The van der Waals surface area contributed by atoms with E-state index in [9.17, 15) is 18.0 Å². The topological polar surface area (TPSA) is 108 Å². The molecule has 2 aromatic heterocycles. The minimum absolute atomic E-state index is 0.0453. The number of esters is 1. The maximum Gasteiger partial charge on any atom is 0.344 e. The lowest BCUT2D eigenvalue weighted by molar-refractivity contribution is 0.0471. The van der Waals surface area contributed by atoms with Crippen LogP contribution in [0.1, 0.15) is 75.8 Å². The maximum atomic E-state index is 12.7. The number of hydrogen-bond acceptors (Lipinski definition) is 7. The SMILES string of the molecule is Cc1noc(C(C)C)c1C(=O)OCC(=O)c1cc(C)n([C@@H]2CCS(=O)(=O)C2)c1C. The highest BCUT2D eigenvalue weighted by atomic mass is 32.2. The van der Waals surface area contributed by atoms with Crippen LogP contribution in [-0.4, -0.2) is 48.0 Å². The number of sulfone groups is 1. The number of Topliss-reactive ketones (excluding diaryl/α,β-unsaturated/α-hetero) is 1. The molecule has 0 spiro atoms. The van der Waals surface area contributed by atoms with E-state index in [2.05, 4.69) is 5.16 Å². The van der Waals surface area contributed by atoms with Crippen molar-refractivity contribution in [3.05, 3.63) is 40.0 Å². The average Bonchev–Trinajstić information content (AvgIpc) is 3.27. The number of aryl methyl sites for hydroxylation is 2. The molecule has 3 rings (SSSR count). The first-order valence-electron chi connectivity index (χ1n) is 9.57. The summed E-state index contributed by atoms with van der Waals surface area (Å²) in [6, 6.07) is 1.55. The highest BCUT2D eigenvalue weighted by Crippen LogP contribution is 2.29. The van der Waals surface area contributed by atoms with E-state index < -0.39 is 22.4 Å². The quantitative estimate of drug-likeness (QED) is 0.520. The molecule has 0 N–H and O–H groups in total. The average molecular weight is 423 g/mol. The molecule has 0 bridgehead atoms. The summed E-state index contributed by atoms with van der Waals surface area (Å²) in [5.74, 6) is -0.352. The van der Waals surface area contributed by atoms with Crippen LogP contribution >= 0.6 is 0 Å². The van der Waals surface area contributed by atoms with E-state index in [4.69, 9.17) is 9.26 Å². The predicted octanol–water partition coefficient (Wildman–Crippen LogP) is 2.92. The number of ketones is 1. The summed E-state index contributed by atoms with van der Waals surface area (Å²) in [4.78, 5) is 25.2. The molecular weight excluding hydrogens is 396 g/mol. The molecule has 0 radical (unpaired) electrons. The van der Waals surface area contributed by atoms with Gasteiger partial charge < -0.3 is 13.8 Å². The Bertz CT molecular complexity index is 1060. The van der Waals surface area contributed by atoms with Gasteiger partial charge in [0.15, 0.2) is 22.2 Å². The number of ether oxygens (including phenoxy) is 1. The van der Waals surface area contributed by atoms with Gasteiger partial charge in [-0.05, 0) is 33.3 Å². The lowest BCUT2D eigenvalue weighted by atomic mass is 10.1. The second-order valence-corrected chi connectivity index (χ2v) is 10.1.